The lowest BCUT2D eigenvalue weighted by Crippen LogP contribution is -2.36. The monoisotopic (exact) mass is 725 g/mol. The van der Waals surface area contributed by atoms with Crippen LogP contribution >= 0.6 is 0 Å². The highest BCUT2D eigenvalue weighted by atomic mass is 16.6. The van der Waals surface area contributed by atoms with Gasteiger partial charge in [-0.25, -0.2) is 4.79 Å². The topological polar surface area (TPSA) is 103 Å². The number of amides is 1. The molecule has 3 rings (SSSR count). The smallest absolute Gasteiger partial charge is 0.410 e. The van der Waals surface area contributed by atoms with Gasteiger partial charge in [-0.15, -0.1) is 0 Å². The van der Waals surface area contributed by atoms with Crippen LogP contribution in [-0.4, -0.2) is 129 Å². The van der Waals surface area contributed by atoms with Crippen molar-refractivity contribution in [2.45, 2.75) is 32.0 Å². The minimum atomic E-state index is -0.754. The second-order valence-corrected chi connectivity index (χ2v) is 12.8. The summed E-state index contributed by atoms with van der Waals surface area (Å²) in [6.45, 7) is 12.9. The third kappa shape index (κ3) is 17.0. The van der Waals surface area contributed by atoms with Gasteiger partial charge in [0.1, 0.15) is 11.2 Å². The number of benzene rings is 3. The summed E-state index contributed by atoms with van der Waals surface area (Å²) >= 11 is 0. The average Bonchev–Trinajstić information content (AvgIpc) is 3.15. The number of carbonyl (C=O) groups excluding carboxylic acids is 1. The summed E-state index contributed by atoms with van der Waals surface area (Å²) in [6, 6.07) is 30.9. The summed E-state index contributed by atoms with van der Waals surface area (Å²) in [5, 5.41) is 0. The maximum atomic E-state index is 11.9. The zero-order chi connectivity index (χ0) is 37.2. The first kappa shape index (κ1) is 43.0. The summed E-state index contributed by atoms with van der Waals surface area (Å²) in [6.07, 6.45) is -0.364. The first-order chi connectivity index (χ1) is 25.3. The van der Waals surface area contributed by atoms with Crippen LogP contribution in [0.3, 0.4) is 0 Å². The fourth-order valence-corrected chi connectivity index (χ4v) is 5.08. The first-order valence-corrected chi connectivity index (χ1v) is 18.1. The van der Waals surface area contributed by atoms with Gasteiger partial charge in [0.15, 0.2) is 0 Å². The molecular weight excluding hydrogens is 666 g/mol. The molecule has 0 bridgehead atoms. The Balaban J connectivity index is 1.12. The van der Waals surface area contributed by atoms with Gasteiger partial charge in [0.2, 0.25) is 0 Å². The van der Waals surface area contributed by atoms with Crippen molar-refractivity contribution in [1.29, 1.82) is 0 Å². The molecule has 0 atom stereocenters. The summed E-state index contributed by atoms with van der Waals surface area (Å²) < 4.78 is 51.1. The Bertz CT molecular complexity index is 1210. The van der Waals surface area contributed by atoms with Gasteiger partial charge in [-0.1, -0.05) is 91.0 Å². The molecule has 0 aliphatic rings. The van der Waals surface area contributed by atoms with Crippen molar-refractivity contribution in [3.8, 4) is 0 Å². The fraction of sp³-hybridized carbons (Fsp3) is 0.537. The highest BCUT2D eigenvalue weighted by Crippen LogP contribution is 2.40. The molecular formula is C41H59NO10. The summed E-state index contributed by atoms with van der Waals surface area (Å²) in [7, 11) is 1.69. The normalized spacial score (nSPS) is 11.8. The molecule has 0 saturated heterocycles. The number of carbonyl (C=O) groups is 1. The molecule has 0 spiro atoms. The molecule has 11 nitrogen and oxygen atoms in total. The van der Waals surface area contributed by atoms with Gasteiger partial charge in [-0.05, 0) is 37.5 Å². The van der Waals surface area contributed by atoms with Gasteiger partial charge >= 0.3 is 6.09 Å². The predicted octanol–water partition coefficient (Wildman–Crippen LogP) is 5.98. The van der Waals surface area contributed by atoms with Crippen LogP contribution in [-0.2, 0) is 48.2 Å². The van der Waals surface area contributed by atoms with E-state index < -0.39 is 11.2 Å². The molecule has 0 heterocycles. The Kier molecular flexibility index (Phi) is 21.1. The van der Waals surface area contributed by atoms with Crippen LogP contribution in [0.15, 0.2) is 91.0 Å². The number of nitrogens with zero attached hydrogens (tertiary/aromatic N) is 1. The Morgan fingerprint density at radius 1 is 0.462 bits per heavy atom. The van der Waals surface area contributed by atoms with Crippen LogP contribution in [0, 0.1) is 0 Å². The number of likely N-dealkylation sites (N-methyl/N-ethyl adjacent to an activating group) is 1. The molecule has 3 aromatic carbocycles. The maximum absolute atomic E-state index is 11.9. The van der Waals surface area contributed by atoms with Crippen molar-refractivity contribution in [2.24, 2.45) is 0 Å². The fourth-order valence-electron chi connectivity index (χ4n) is 5.08. The number of hydrogen-bond donors (Lipinski definition) is 0. The maximum Gasteiger partial charge on any atom is 0.410 e. The quantitative estimate of drug-likeness (QED) is 0.0657. The van der Waals surface area contributed by atoms with E-state index in [1.165, 1.54) is 4.90 Å². The van der Waals surface area contributed by atoms with Crippen LogP contribution in [0.4, 0.5) is 4.79 Å². The van der Waals surface area contributed by atoms with Crippen molar-refractivity contribution in [3.05, 3.63) is 108 Å². The van der Waals surface area contributed by atoms with E-state index in [-0.39, 0.29) is 6.09 Å². The molecule has 288 valence electrons. The number of ether oxygens (including phenoxy) is 9. The van der Waals surface area contributed by atoms with Gasteiger partial charge in [0, 0.05) is 13.6 Å². The van der Waals surface area contributed by atoms with Gasteiger partial charge in [-0.3, -0.25) is 0 Å². The van der Waals surface area contributed by atoms with Crippen LogP contribution in [0.5, 0.6) is 0 Å². The lowest BCUT2D eigenvalue weighted by Gasteiger charge is -2.36. The van der Waals surface area contributed by atoms with Gasteiger partial charge in [-0.2, -0.15) is 0 Å². The molecule has 0 aliphatic carbocycles. The molecule has 0 aromatic heterocycles. The number of rotatable bonds is 28. The van der Waals surface area contributed by atoms with Crippen LogP contribution < -0.4 is 0 Å². The van der Waals surface area contributed by atoms with Gasteiger partial charge in [0.25, 0.3) is 0 Å². The Morgan fingerprint density at radius 3 is 1.06 bits per heavy atom. The van der Waals surface area contributed by atoms with Crippen molar-refractivity contribution >= 4 is 6.09 Å². The third-order valence-corrected chi connectivity index (χ3v) is 7.60. The molecule has 0 aliphatic heterocycles. The molecule has 0 saturated carbocycles. The first-order valence-electron chi connectivity index (χ1n) is 18.1. The van der Waals surface area contributed by atoms with Crippen molar-refractivity contribution < 1.29 is 47.4 Å². The lowest BCUT2D eigenvalue weighted by molar-refractivity contribution is -0.0397. The SMILES string of the molecule is CN(CCOCCOCCOCCOCCOCCOCCOCCOC(c1ccccc1)(c1ccccc1)c1ccccc1)C(=O)OC(C)(C)C. The molecule has 0 N–H and O–H groups in total. The zero-order valence-electron chi connectivity index (χ0n) is 31.5. The van der Waals surface area contributed by atoms with Crippen molar-refractivity contribution in [1.82, 2.24) is 4.90 Å². The van der Waals surface area contributed by atoms with Crippen LogP contribution in [0.25, 0.3) is 0 Å². The van der Waals surface area contributed by atoms with E-state index >= 15 is 0 Å². The Hall–Kier alpha value is -3.39. The van der Waals surface area contributed by atoms with E-state index in [0.717, 1.165) is 16.7 Å². The average molecular weight is 726 g/mol. The van der Waals surface area contributed by atoms with E-state index in [1.807, 2.05) is 75.4 Å². The molecule has 1 amide bonds. The highest BCUT2D eigenvalue weighted by Gasteiger charge is 2.37. The van der Waals surface area contributed by atoms with Gasteiger partial charge in [0.05, 0.1) is 99.1 Å². The van der Waals surface area contributed by atoms with E-state index in [9.17, 15) is 4.79 Å². The molecule has 0 radical (unpaired) electrons. The Labute approximate surface area is 310 Å². The minimum Gasteiger partial charge on any atom is -0.444 e. The molecule has 3 aromatic rings. The minimum absolute atomic E-state index is 0.364. The largest absolute Gasteiger partial charge is 0.444 e. The Morgan fingerprint density at radius 2 is 0.750 bits per heavy atom. The van der Waals surface area contributed by atoms with E-state index in [1.54, 1.807) is 7.05 Å². The summed E-state index contributed by atoms with van der Waals surface area (Å²) in [5.74, 6) is 0. The van der Waals surface area contributed by atoms with E-state index in [0.29, 0.717) is 106 Å². The standard InChI is InChI=1S/C41H59NO10/c1-40(2,3)52-39(43)42(4)20-21-44-22-23-45-24-25-46-26-27-47-28-29-48-30-31-49-32-33-50-34-35-51-41(36-14-8-5-9-15-36,37-16-10-6-11-17-37)38-18-12-7-13-19-38/h5-19H,20-35H2,1-4H3. The van der Waals surface area contributed by atoms with E-state index in [2.05, 4.69) is 36.4 Å². The second kappa shape index (κ2) is 25.6. The lowest BCUT2D eigenvalue weighted by atomic mass is 9.80. The van der Waals surface area contributed by atoms with Crippen molar-refractivity contribution in [3.63, 3.8) is 0 Å². The van der Waals surface area contributed by atoms with Crippen LogP contribution in [0.2, 0.25) is 0 Å². The molecule has 52 heavy (non-hydrogen) atoms. The molecule has 0 unspecified atom stereocenters. The van der Waals surface area contributed by atoms with Crippen molar-refractivity contribution in [2.75, 3.05) is 113 Å². The van der Waals surface area contributed by atoms with Crippen LogP contribution in [0.1, 0.15) is 37.5 Å². The molecule has 0 fully saturated rings. The van der Waals surface area contributed by atoms with E-state index in [4.69, 9.17) is 42.6 Å². The summed E-state index contributed by atoms with van der Waals surface area (Å²) in [4.78, 5) is 13.4. The second-order valence-electron chi connectivity index (χ2n) is 12.8. The third-order valence-electron chi connectivity index (χ3n) is 7.60. The zero-order valence-corrected chi connectivity index (χ0v) is 31.5. The number of hydrogen-bond acceptors (Lipinski definition) is 10. The highest BCUT2D eigenvalue weighted by molar-refractivity contribution is 5.67. The molecule has 11 heteroatoms. The van der Waals surface area contributed by atoms with Gasteiger partial charge < -0.3 is 47.5 Å². The predicted molar refractivity (Wildman–Crippen MR) is 200 cm³/mol. The summed E-state index contributed by atoms with van der Waals surface area (Å²) in [5.41, 5.74) is 1.93.